The summed E-state index contributed by atoms with van der Waals surface area (Å²) in [4.78, 5) is 16.7. The molecule has 0 saturated carbocycles. The summed E-state index contributed by atoms with van der Waals surface area (Å²) < 4.78 is 0. The molecule has 0 radical (unpaired) electrons. The molecule has 1 rings (SSSR count). The number of hydrogen-bond donors (Lipinski definition) is 3. The molecular weight excluding hydrogens is 264 g/mol. The van der Waals surface area contributed by atoms with Crippen molar-refractivity contribution >= 4 is 11.7 Å². The number of nitrogens with two attached hydrogens (primary N) is 1. The van der Waals surface area contributed by atoms with Crippen LogP contribution in [0.4, 0.5) is 5.82 Å². The molecule has 4 N–H and O–H groups in total. The van der Waals surface area contributed by atoms with Gasteiger partial charge in [0.1, 0.15) is 5.82 Å². The van der Waals surface area contributed by atoms with Gasteiger partial charge >= 0.3 is 0 Å². The first kappa shape index (κ1) is 17.4. The predicted molar refractivity (Wildman–Crippen MR) is 87.2 cm³/mol. The first-order valence-corrected chi connectivity index (χ1v) is 7.30. The third-order valence-corrected chi connectivity index (χ3v) is 3.16. The number of hydrazine groups is 1. The molecule has 118 valence electrons. The van der Waals surface area contributed by atoms with Crippen LogP contribution in [-0.2, 0) is 5.41 Å². The molecule has 5 nitrogen and oxygen atoms in total. The van der Waals surface area contributed by atoms with Crippen LogP contribution in [0.1, 0.15) is 64.0 Å². The maximum atomic E-state index is 12.3. The summed E-state index contributed by atoms with van der Waals surface area (Å²) in [5.74, 6) is 5.85. The average molecular weight is 292 g/mol. The second-order valence-electron chi connectivity index (χ2n) is 7.59. The van der Waals surface area contributed by atoms with Gasteiger partial charge in [-0.05, 0) is 24.0 Å². The molecule has 0 unspecified atom stereocenters. The van der Waals surface area contributed by atoms with Crippen molar-refractivity contribution < 1.29 is 4.79 Å². The van der Waals surface area contributed by atoms with Crippen molar-refractivity contribution in [3.63, 3.8) is 0 Å². The number of rotatable bonds is 4. The third-order valence-electron chi connectivity index (χ3n) is 3.16. The van der Waals surface area contributed by atoms with E-state index in [1.807, 2.05) is 6.07 Å². The summed E-state index contributed by atoms with van der Waals surface area (Å²) in [5, 5.41) is 2.95. The summed E-state index contributed by atoms with van der Waals surface area (Å²) >= 11 is 0. The standard InChI is InChI=1S/C16H28N4O/c1-15(2,3)7-8-18-14(21)11-9-12(16(4,5)6)19-13(10-11)20-17/h9-10H,7-8,17H2,1-6H3,(H,18,21)(H,19,20). The van der Waals surface area contributed by atoms with Gasteiger partial charge in [-0.3, -0.25) is 4.79 Å². The Hall–Kier alpha value is -1.62. The van der Waals surface area contributed by atoms with E-state index in [2.05, 4.69) is 57.3 Å². The van der Waals surface area contributed by atoms with Crippen LogP contribution < -0.4 is 16.6 Å². The van der Waals surface area contributed by atoms with Gasteiger partial charge in [0, 0.05) is 23.2 Å². The van der Waals surface area contributed by atoms with Crippen LogP contribution in [0.3, 0.4) is 0 Å². The van der Waals surface area contributed by atoms with Gasteiger partial charge in [0.05, 0.1) is 0 Å². The average Bonchev–Trinajstić information content (AvgIpc) is 2.35. The number of nitrogen functional groups attached to an aromatic ring is 1. The Morgan fingerprint density at radius 2 is 1.81 bits per heavy atom. The zero-order chi connectivity index (χ0) is 16.3. The summed E-state index contributed by atoms with van der Waals surface area (Å²) in [6.07, 6.45) is 0.929. The molecule has 0 spiro atoms. The second-order valence-corrected chi connectivity index (χ2v) is 7.59. The Balaban J connectivity index is 2.89. The fourth-order valence-electron chi connectivity index (χ4n) is 1.77. The number of nitrogens with one attached hydrogen (secondary N) is 2. The zero-order valence-electron chi connectivity index (χ0n) is 14.0. The number of nitrogens with zero attached hydrogens (tertiary/aromatic N) is 1. The first-order valence-electron chi connectivity index (χ1n) is 7.30. The second kappa shape index (κ2) is 6.43. The largest absolute Gasteiger partial charge is 0.352 e. The highest BCUT2D eigenvalue weighted by molar-refractivity contribution is 5.95. The van der Waals surface area contributed by atoms with Gasteiger partial charge in [0.15, 0.2) is 0 Å². The van der Waals surface area contributed by atoms with E-state index >= 15 is 0 Å². The number of carbonyl (C=O) groups excluding carboxylic acids is 1. The van der Waals surface area contributed by atoms with E-state index in [0.29, 0.717) is 17.9 Å². The van der Waals surface area contributed by atoms with Crippen LogP contribution in [0.5, 0.6) is 0 Å². The van der Waals surface area contributed by atoms with Gasteiger partial charge in [-0.15, -0.1) is 0 Å². The molecule has 0 aliphatic rings. The molecule has 0 atom stereocenters. The maximum Gasteiger partial charge on any atom is 0.251 e. The van der Waals surface area contributed by atoms with E-state index in [1.165, 1.54) is 0 Å². The zero-order valence-corrected chi connectivity index (χ0v) is 14.0. The van der Waals surface area contributed by atoms with E-state index in [1.54, 1.807) is 6.07 Å². The summed E-state index contributed by atoms with van der Waals surface area (Å²) in [5.41, 5.74) is 3.99. The van der Waals surface area contributed by atoms with Crippen LogP contribution in [-0.4, -0.2) is 17.4 Å². The van der Waals surface area contributed by atoms with Crippen molar-refractivity contribution in [1.82, 2.24) is 10.3 Å². The summed E-state index contributed by atoms with van der Waals surface area (Å²) in [6, 6.07) is 3.49. The van der Waals surface area contributed by atoms with Gasteiger partial charge in [-0.25, -0.2) is 10.8 Å². The van der Waals surface area contributed by atoms with E-state index < -0.39 is 0 Å². The fourth-order valence-corrected chi connectivity index (χ4v) is 1.77. The molecule has 0 aromatic carbocycles. The Morgan fingerprint density at radius 1 is 1.19 bits per heavy atom. The molecular formula is C16H28N4O. The minimum atomic E-state index is -0.146. The molecule has 1 heterocycles. The molecule has 0 saturated heterocycles. The molecule has 5 heteroatoms. The van der Waals surface area contributed by atoms with Crippen LogP contribution in [0.15, 0.2) is 12.1 Å². The fraction of sp³-hybridized carbons (Fsp3) is 0.625. The number of amides is 1. The Morgan fingerprint density at radius 3 is 2.29 bits per heavy atom. The normalized spacial score (nSPS) is 12.1. The highest BCUT2D eigenvalue weighted by Gasteiger charge is 2.19. The number of carbonyl (C=O) groups is 1. The SMILES string of the molecule is CC(C)(C)CCNC(=O)c1cc(NN)nc(C(C)(C)C)c1. The summed E-state index contributed by atoms with van der Waals surface area (Å²) in [6.45, 7) is 13.3. The lowest BCUT2D eigenvalue weighted by molar-refractivity contribution is 0.0949. The molecule has 0 bridgehead atoms. The number of aromatic nitrogens is 1. The third kappa shape index (κ3) is 5.71. The molecule has 1 amide bonds. The molecule has 1 aromatic rings. The lowest BCUT2D eigenvalue weighted by Crippen LogP contribution is -2.28. The molecule has 1 aromatic heterocycles. The number of pyridine rings is 1. The van der Waals surface area contributed by atoms with Crippen molar-refractivity contribution in [1.29, 1.82) is 0 Å². The summed E-state index contributed by atoms with van der Waals surface area (Å²) in [7, 11) is 0. The Labute approximate surface area is 127 Å². The van der Waals surface area contributed by atoms with Crippen molar-refractivity contribution in [2.24, 2.45) is 11.3 Å². The van der Waals surface area contributed by atoms with Crippen molar-refractivity contribution in [2.75, 3.05) is 12.0 Å². The van der Waals surface area contributed by atoms with Gasteiger partial charge < -0.3 is 10.7 Å². The van der Waals surface area contributed by atoms with Gasteiger partial charge in [0.2, 0.25) is 0 Å². The quantitative estimate of drug-likeness (QED) is 0.589. The minimum Gasteiger partial charge on any atom is -0.352 e. The Kier molecular flexibility index (Phi) is 5.34. The topological polar surface area (TPSA) is 80.0 Å². The number of anilines is 1. The van der Waals surface area contributed by atoms with Gasteiger partial charge in [-0.1, -0.05) is 41.5 Å². The van der Waals surface area contributed by atoms with Crippen molar-refractivity contribution in [3.8, 4) is 0 Å². The number of hydrogen-bond acceptors (Lipinski definition) is 4. The monoisotopic (exact) mass is 292 g/mol. The Bertz CT molecular complexity index is 498. The maximum absolute atomic E-state index is 12.3. The van der Waals surface area contributed by atoms with Crippen LogP contribution in [0, 0.1) is 5.41 Å². The lowest BCUT2D eigenvalue weighted by Gasteiger charge is -2.20. The highest BCUT2D eigenvalue weighted by atomic mass is 16.1. The predicted octanol–water partition coefficient (Wildman–Crippen LogP) is 2.83. The molecule has 0 aliphatic heterocycles. The van der Waals surface area contributed by atoms with Gasteiger partial charge in [0.25, 0.3) is 5.91 Å². The van der Waals surface area contributed by atoms with Gasteiger partial charge in [-0.2, -0.15) is 0 Å². The molecule has 21 heavy (non-hydrogen) atoms. The van der Waals surface area contributed by atoms with Crippen molar-refractivity contribution in [3.05, 3.63) is 23.4 Å². The highest BCUT2D eigenvalue weighted by Crippen LogP contribution is 2.23. The van der Waals surface area contributed by atoms with E-state index in [0.717, 1.165) is 12.1 Å². The van der Waals surface area contributed by atoms with E-state index in [9.17, 15) is 4.79 Å². The van der Waals surface area contributed by atoms with E-state index in [-0.39, 0.29) is 16.7 Å². The molecule has 0 fully saturated rings. The van der Waals surface area contributed by atoms with E-state index in [4.69, 9.17) is 5.84 Å². The lowest BCUT2D eigenvalue weighted by atomic mass is 9.90. The smallest absolute Gasteiger partial charge is 0.251 e. The van der Waals surface area contributed by atoms with Crippen LogP contribution >= 0.6 is 0 Å². The van der Waals surface area contributed by atoms with Crippen LogP contribution in [0.2, 0.25) is 0 Å². The first-order chi connectivity index (χ1) is 9.53. The molecule has 0 aliphatic carbocycles. The van der Waals surface area contributed by atoms with Crippen molar-refractivity contribution in [2.45, 2.75) is 53.4 Å². The minimum absolute atomic E-state index is 0.0938. The van der Waals surface area contributed by atoms with Crippen LogP contribution in [0.25, 0.3) is 0 Å².